The molecule has 0 bridgehead atoms. The summed E-state index contributed by atoms with van der Waals surface area (Å²) in [5.41, 5.74) is 0.711. The van der Waals surface area contributed by atoms with Crippen molar-refractivity contribution in [3.05, 3.63) is 30.1 Å². The molecule has 2 amide bonds. The first-order valence-corrected chi connectivity index (χ1v) is 6.00. The third-order valence-electron chi connectivity index (χ3n) is 2.51. The average molecular weight is 238 g/mol. The van der Waals surface area contributed by atoms with Gasteiger partial charge in [0.15, 0.2) is 0 Å². The third kappa shape index (κ3) is 4.06. The van der Waals surface area contributed by atoms with Crippen LogP contribution in [0.15, 0.2) is 24.3 Å². The predicted octanol–water partition coefficient (Wildman–Crippen LogP) is 3.16. The molecule has 0 saturated carbocycles. The third-order valence-corrected chi connectivity index (χ3v) is 2.51. The predicted molar refractivity (Wildman–Crippen MR) is 67.7 cm³/mol. The van der Waals surface area contributed by atoms with Crippen LogP contribution in [0.25, 0.3) is 0 Å². The van der Waals surface area contributed by atoms with E-state index >= 15 is 0 Å². The van der Waals surface area contributed by atoms with Crippen LogP contribution in [0.1, 0.15) is 26.7 Å². The lowest BCUT2D eigenvalue weighted by Gasteiger charge is -2.21. The number of amides is 2. The van der Waals surface area contributed by atoms with Crippen LogP contribution >= 0.6 is 0 Å². The molecule has 0 aliphatic heterocycles. The van der Waals surface area contributed by atoms with Gasteiger partial charge in [-0.3, -0.25) is 4.90 Å². The van der Waals surface area contributed by atoms with Gasteiger partial charge in [-0.15, -0.1) is 0 Å². The van der Waals surface area contributed by atoms with Crippen molar-refractivity contribution in [3.63, 3.8) is 0 Å². The van der Waals surface area contributed by atoms with Crippen LogP contribution in [0.4, 0.5) is 14.9 Å². The number of urea groups is 1. The molecule has 1 rings (SSSR count). The molecule has 0 aromatic heterocycles. The van der Waals surface area contributed by atoms with E-state index in [4.69, 9.17) is 0 Å². The van der Waals surface area contributed by atoms with Gasteiger partial charge in [0.25, 0.3) is 0 Å². The monoisotopic (exact) mass is 238 g/mol. The Labute approximate surface area is 102 Å². The van der Waals surface area contributed by atoms with Gasteiger partial charge in [-0.2, -0.15) is 0 Å². The van der Waals surface area contributed by atoms with Crippen molar-refractivity contribution in [2.24, 2.45) is 0 Å². The first-order chi connectivity index (χ1) is 8.19. The van der Waals surface area contributed by atoms with Gasteiger partial charge >= 0.3 is 6.03 Å². The molecule has 0 unspecified atom stereocenters. The molecule has 3 nitrogen and oxygen atoms in total. The average Bonchev–Trinajstić information content (AvgIpc) is 2.33. The number of benzene rings is 1. The maximum absolute atomic E-state index is 12.8. The molecule has 0 heterocycles. The Morgan fingerprint density at radius 1 is 1.29 bits per heavy atom. The van der Waals surface area contributed by atoms with E-state index in [-0.39, 0.29) is 11.8 Å². The van der Waals surface area contributed by atoms with Crippen LogP contribution in [0.5, 0.6) is 0 Å². The van der Waals surface area contributed by atoms with E-state index in [2.05, 4.69) is 12.2 Å². The number of anilines is 1. The molecule has 0 fully saturated rings. The number of carbonyl (C=O) groups excluding carboxylic acids is 1. The summed E-state index contributed by atoms with van der Waals surface area (Å²) in [5.74, 6) is -0.295. The Kier molecular flexibility index (Phi) is 5.46. The summed E-state index contributed by atoms with van der Waals surface area (Å²) in [7, 11) is 0. The molecule has 0 aliphatic rings. The summed E-state index contributed by atoms with van der Waals surface area (Å²) >= 11 is 0. The molecule has 94 valence electrons. The summed E-state index contributed by atoms with van der Waals surface area (Å²) in [5, 5.41) is 2.84. The van der Waals surface area contributed by atoms with Crippen molar-refractivity contribution in [2.75, 3.05) is 18.0 Å². The minimum Gasteiger partial charge on any atom is -0.338 e. The first kappa shape index (κ1) is 13.5. The first-order valence-electron chi connectivity index (χ1n) is 6.00. The van der Waals surface area contributed by atoms with E-state index in [0.717, 1.165) is 12.8 Å². The highest BCUT2D eigenvalue weighted by atomic mass is 19.1. The lowest BCUT2D eigenvalue weighted by atomic mass is 10.3. The highest BCUT2D eigenvalue weighted by Gasteiger charge is 2.12. The fraction of sp³-hybridized carbons (Fsp3) is 0.462. The molecule has 0 aliphatic carbocycles. The number of nitrogens with zero attached hydrogens (tertiary/aromatic N) is 1. The topological polar surface area (TPSA) is 32.3 Å². The summed E-state index contributed by atoms with van der Waals surface area (Å²) < 4.78 is 12.8. The van der Waals surface area contributed by atoms with Gasteiger partial charge in [-0.1, -0.05) is 13.3 Å². The molecule has 0 atom stereocenters. The van der Waals surface area contributed by atoms with E-state index in [1.165, 1.54) is 12.1 Å². The van der Waals surface area contributed by atoms with E-state index < -0.39 is 0 Å². The van der Waals surface area contributed by atoms with Crippen molar-refractivity contribution < 1.29 is 9.18 Å². The summed E-state index contributed by atoms with van der Waals surface area (Å²) in [6.45, 7) is 5.20. The molecule has 1 aromatic rings. The summed E-state index contributed by atoms with van der Waals surface area (Å²) in [6, 6.07) is 5.80. The zero-order chi connectivity index (χ0) is 12.7. The number of halogens is 1. The number of hydrogen-bond donors (Lipinski definition) is 1. The van der Waals surface area contributed by atoms with Crippen molar-refractivity contribution in [1.82, 2.24) is 5.32 Å². The molecule has 0 spiro atoms. The van der Waals surface area contributed by atoms with Gasteiger partial charge in [0.1, 0.15) is 5.82 Å². The Bertz CT molecular complexity index is 351. The molecule has 17 heavy (non-hydrogen) atoms. The molecular formula is C13H19FN2O. The van der Waals surface area contributed by atoms with Crippen molar-refractivity contribution in [1.29, 1.82) is 0 Å². The molecule has 1 aromatic carbocycles. The number of unbranched alkanes of at least 4 members (excludes halogenated alkanes) is 1. The van der Waals surface area contributed by atoms with Gasteiger partial charge in [-0.25, -0.2) is 9.18 Å². The highest BCUT2D eigenvalue weighted by molar-refractivity contribution is 5.91. The summed E-state index contributed by atoms with van der Waals surface area (Å²) in [4.78, 5) is 13.4. The van der Waals surface area contributed by atoms with E-state index in [9.17, 15) is 9.18 Å². The molecule has 0 radical (unpaired) electrons. The Morgan fingerprint density at radius 2 is 1.94 bits per heavy atom. The van der Waals surface area contributed by atoms with E-state index in [1.54, 1.807) is 17.0 Å². The normalized spacial score (nSPS) is 10.1. The van der Waals surface area contributed by atoms with E-state index in [0.29, 0.717) is 18.8 Å². The van der Waals surface area contributed by atoms with Crippen molar-refractivity contribution in [3.8, 4) is 0 Å². The maximum atomic E-state index is 12.8. The van der Waals surface area contributed by atoms with Crippen LogP contribution in [0, 0.1) is 5.82 Å². The van der Waals surface area contributed by atoms with Crippen molar-refractivity contribution >= 4 is 11.7 Å². The molecule has 0 saturated heterocycles. The second kappa shape index (κ2) is 6.89. The largest absolute Gasteiger partial charge is 0.338 e. The second-order valence-electron chi connectivity index (χ2n) is 3.81. The van der Waals surface area contributed by atoms with Crippen LogP contribution in [-0.4, -0.2) is 19.1 Å². The second-order valence-corrected chi connectivity index (χ2v) is 3.81. The standard InChI is InChI=1S/C13H19FN2O/c1-3-5-10-15-13(17)16(4-2)12-8-6-11(14)7-9-12/h6-9H,3-5,10H2,1-2H3,(H,15,17). The number of nitrogens with one attached hydrogen (secondary N) is 1. The van der Waals surface area contributed by atoms with Crippen LogP contribution in [-0.2, 0) is 0 Å². The number of rotatable bonds is 5. The number of hydrogen-bond acceptors (Lipinski definition) is 1. The molecular weight excluding hydrogens is 219 g/mol. The minimum absolute atomic E-state index is 0.132. The molecule has 1 N–H and O–H groups in total. The maximum Gasteiger partial charge on any atom is 0.321 e. The Balaban J connectivity index is 2.64. The quantitative estimate of drug-likeness (QED) is 0.785. The van der Waals surface area contributed by atoms with Gasteiger partial charge in [0.2, 0.25) is 0 Å². The smallest absolute Gasteiger partial charge is 0.321 e. The lowest BCUT2D eigenvalue weighted by Crippen LogP contribution is -2.40. The van der Waals surface area contributed by atoms with Gasteiger partial charge in [0, 0.05) is 18.8 Å². The van der Waals surface area contributed by atoms with E-state index in [1.807, 2.05) is 6.92 Å². The van der Waals surface area contributed by atoms with Crippen molar-refractivity contribution in [2.45, 2.75) is 26.7 Å². The molecule has 4 heteroatoms. The zero-order valence-corrected chi connectivity index (χ0v) is 10.4. The highest BCUT2D eigenvalue weighted by Crippen LogP contribution is 2.14. The fourth-order valence-electron chi connectivity index (χ4n) is 1.53. The van der Waals surface area contributed by atoms with Crippen LogP contribution < -0.4 is 10.2 Å². The Morgan fingerprint density at radius 3 is 2.47 bits per heavy atom. The lowest BCUT2D eigenvalue weighted by molar-refractivity contribution is 0.246. The minimum atomic E-state index is -0.295. The Hall–Kier alpha value is -1.58. The SMILES string of the molecule is CCCCNC(=O)N(CC)c1ccc(F)cc1. The van der Waals surface area contributed by atoms with Gasteiger partial charge in [0.05, 0.1) is 0 Å². The summed E-state index contributed by atoms with van der Waals surface area (Å²) in [6.07, 6.45) is 2.01. The number of carbonyl (C=O) groups is 1. The fourth-order valence-corrected chi connectivity index (χ4v) is 1.53. The van der Waals surface area contributed by atoms with Crippen LogP contribution in [0.2, 0.25) is 0 Å². The van der Waals surface area contributed by atoms with Gasteiger partial charge in [-0.05, 0) is 37.6 Å². The van der Waals surface area contributed by atoms with Gasteiger partial charge < -0.3 is 5.32 Å². The van der Waals surface area contributed by atoms with Crippen LogP contribution in [0.3, 0.4) is 0 Å². The zero-order valence-electron chi connectivity index (χ0n) is 10.4.